The normalized spacial score (nSPS) is 10.2. The van der Waals surface area contributed by atoms with Crippen LogP contribution in [0.1, 0.15) is 29.3 Å². The molecule has 2 aromatic carbocycles. The molecule has 0 spiro atoms. The molecule has 0 heterocycles. The Morgan fingerprint density at radius 3 is 2.43 bits per heavy atom. The van der Waals surface area contributed by atoms with Gasteiger partial charge in [0.2, 0.25) is 0 Å². The summed E-state index contributed by atoms with van der Waals surface area (Å²) in [6.45, 7) is 3.71. The monoisotopic (exact) mass is 375 g/mol. The smallest absolute Gasteiger partial charge is 0.262 e. The number of carbonyl (C=O) groups is 2. The van der Waals surface area contributed by atoms with Gasteiger partial charge in [0, 0.05) is 22.1 Å². The number of halogens is 1. The highest BCUT2D eigenvalue weighted by Gasteiger charge is 2.06. The molecule has 1 N–H and O–H groups in total. The van der Waals surface area contributed by atoms with Gasteiger partial charge in [0.25, 0.3) is 5.91 Å². The summed E-state index contributed by atoms with van der Waals surface area (Å²) >= 11 is 3.43. The van der Waals surface area contributed by atoms with E-state index in [1.807, 2.05) is 32.0 Å². The van der Waals surface area contributed by atoms with Gasteiger partial charge in [-0.15, -0.1) is 0 Å². The third-order valence-corrected chi connectivity index (χ3v) is 4.18. The van der Waals surface area contributed by atoms with Gasteiger partial charge in [-0.05, 0) is 48.9 Å². The van der Waals surface area contributed by atoms with Gasteiger partial charge in [-0.1, -0.05) is 28.9 Å². The summed E-state index contributed by atoms with van der Waals surface area (Å²) in [7, 11) is 0. The molecule has 5 heteroatoms. The molecule has 2 aromatic rings. The average molecular weight is 376 g/mol. The van der Waals surface area contributed by atoms with Crippen LogP contribution in [0.4, 0.5) is 5.69 Å². The van der Waals surface area contributed by atoms with E-state index in [0.29, 0.717) is 23.4 Å². The zero-order valence-electron chi connectivity index (χ0n) is 13.1. The van der Waals surface area contributed by atoms with Crippen LogP contribution in [0.15, 0.2) is 46.9 Å². The molecule has 1 amide bonds. The van der Waals surface area contributed by atoms with E-state index in [4.69, 9.17) is 4.74 Å². The van der Waals surface area contributed by atoms with E-state index < -0.39 is 0 Å². The summed E-state index contributed by atoms with van der Waals surface area (Å²) < 4.78 is 6.36. The first-order chi connectivity index (χ1) is 11.0. The van der Waals surface area contributed by atoms with Crippen molar-refractivity contribution in [1.29, 1.82) is 0 Å². The van der Waals surface area contributed by atoms with Gasteiger partial charge in [-0.25, -0.2) is 0 Å². The molecule has 0 radical (unpaired) electrons. The van der Waals surface area contributed by atoms with Crippen molar-refractivity contribution in [3.05, 3.63) is 58.1 Å². The molecule has 0 unspecified atom stereocenters. The van der Waals surface area contributed by atoms with Crippen LogP contribution in [0.3, 0.4) is 0 Å². The molecule has 0 aromatic heterocycles. The van der Waals surface area contributed by atoms with E-state index in [2.05, 4.69) is 21.2 Å². The minimum absolute atomic E-state index is 0.0826. The summed E-state index contributed by atoms with van der Waals surface area (Å²) in [5.41, 5.74) is 2.45. The van der Waals surface area contributed by atoms with Crippen molar-refractivity contribution < 1.29 is 14.3 Å². The molecule has 2 rings (SSSR count). The fourth-order valence-corrected chi connectivity index (χ4v) is 2.34. The molecule has 0 atom stereocenters. The second-order valence-corrected chi connectivity index (χ2v) is 5.96. The largest absolute Gasteiger partial charge is 0.484 e. The molecule has 0 fully saturated rings. The van der Waals surface area contributed by atoms with Gasteiger partial charge in [0.1, 0.15) is 5.75 Å². The Morgan fingerprint density at radius 2 is 1.83 bits per heavy atom. The predicted molar refractivity (Wildman–Crippen MR) is 94.1 cm³/mol. The number of ether oxygens (including phenoxy) is 1. The second kappa shape index (κ2) is 7.92. The third-order valence-electron chi connectivity index (χ3n) is 3.32. The fourth-order valence-electron chi connectivity index (χ4n) is 1.96. The van der Waals surface area contributed by atoms with Crippen molar-refractivity contribution in [2.24, 2.45) is 0 Å². The zero-order valence-corrected chi connectivity index (χ0v) is 14.6. The quantitative estimate of drug-likeness (QED) is 0.762. The molecular weight excluding hydrogens is 358 g/mol. The molecular formula is C18H18BrNO3. The molecule has 0 saturated heterocycles. The molecule has 0 bridgehead atoms. The lowest BCUT2D eigenvalue weighted by atomic mass is 10.1. The summed E-state index contributed by atoms with van der Waals surface area (Å²) in [4.78, 5) is 23.4. The Bertz CT molecular complexity index is 711. The molecule has 0 aliphatic heterocycles. The highest BCUT2D eigenvalue weighted by molar-refractivity contribution is 9.10. The Kier molecular flexibility index (Phi) is 5.93. The number of nitrogens with one attached hydrogen (secondary N) is 1. The number of hydrogen-bond donors (Lipinski definition) is 1. The van der Waals surface area contributed by atoms with Crippen LogP contribution < -0.4 is 10.1 Å². The Morgan fingerprint density at radius 1 is 1.13 bits per heavy atom. The van der Waals surface area contributed by atoms with Gasteiger partial charge in [-0.3, -0.25) is 9.59 Å². The summed E-state index contributed by atoms with van der Waals surface area (Å²) in [6.07, 6.45) is 0.467. The number of carbonyl (C=O) groups excluding carboxylic acids is 2. The fraction of sp³-hybridized carbons (Fsp3) is 0.222. The summed E-state index contributed by atoms with van der Waals surface area (Å²) in [5, 5.41) is 2.77. The van der Waals surface area contributed by atoms with E-state index in [1.165, 1.54) is 0 Å². The van der Waals surface area contributed by atoms with Gasteiger partial charge in [0.05, 0.1) is 0 Å². The minimum Gasteiger partial charge on any atom is -0.484 e. The lowest BCUT2D eigenvalue weighted by Gasteiger charge is -2.09. The number of amides is 1. The average Bonchev–Trinajstić information content (AvgIpc) is 2.56. The number of benzene rings is 2. The van der Waals surface area contributed by atoms with Crippen molar-refractivity contribution in [2.75, 3.05) is 11.9 Å². The number of rotatable bonds is 6. The Balaban J connectivity index is 1.88. The van der Waals surface area contributed by atoms with Crippen molar-refractivity contribution in [3.8, 4) is 5.75 Å². The van der Waals surface area contributed by atoms with Crippen molar-refractivity contribution >= 4 is 33.3 Å². The number of aryl methyl sites for hydroxylation is 1. The number of hydrogen-bond acceptors (Lipinski definition) is 3. The molecule has 23 heavy (non-hydrogen) atoms. The topological polar surface area (TPSA) is 55.4 Å². The van der Waals surface area contributed by atoms with Gasteiger partial charge in [-0.2, -0.15) is 0 Å². The molecule has 4 nitrogen and oxygen atoms in total. The van der Waals surface area contributed by atoms with E-state index in [1.54, 1.807) is 24.3 Å². The van der Waals surface area contributed by atoms with Crippen LogP contribution in [0, 0.1) is 6.92 Å². The number of Topliss-reactive ketones (excluding diaryl/α,β-unsaturated/α-hetero) is 1. The van der Waals surface area contributed by atoms with E-state index >= 15 is 0 Å². The first-order valence-electron chi connectivity index (χ1n) is 7.31. The Labute approximate surface area is 144 Å². The predicted octanol–water partition coefficient (Wildman–Crippen LogP) is 4.37. The minimum atomic E-state index is -0.241. The summed E-state index contributed by atoms with van der Waals surface area (Å²) in [6, 6.07) is 12.4. The van der Waals surface area contributed by atoms with Gasteiger partial charge in [0.15, 0.2) is 12.4 Å². The van der Waals surface area contributed by atoms with E-state index in [-0.39, 0.29) is 18.3 Å². The standard InChI is InChI=1S/C18H18BrNO3/c1-3-17(21)13-5-8-15(9-6-13)23-11-18(22)20-14-7-4-12(2)16(19)10-14/h4-10H,3,11H2,1-2H3,(H,20,22). The molecule has 0 aliphatic carbocycles. The van der Waals surface area contributed by atoms with Crippen molar-refractivity contribution in [1.82, 2.24) is 0 Å². The molecule has 120 valence electrons. The molecule has 0 saturated carbocycles. The highest BCUT2D eigenvalue weighted by Crippen LogP contribution is 2.20. The van der Waals surface area contributed by atoms with Crippen LogP contribution in [0.25, 0.3) is 0 Å². The maximum absolute atomic E-state index is 11.9. The molecule has 0 aliphatic rings. The maximum atomic E-state index is 11.9. The lowest BCUT2D eigenvalue weighted by molar-refractivity contribution is -0.118. The van der Waals surface area contributed by atoms with Crippen LogP contribution in [-0.2, 0) is 4.79 Å². The number of anilines is 1. The van der Waals surface area contributed by atoms with E-state index in [0.717, 1.165) is 10.0 Å². The van der Waals surface area contributed by atoms with E-state index in [9.17, 15) is 9.59 Å². The van der Waals surface area contributed by atoms with Crippen LogP contribution in [0.5, 0.6) is 5.75 Å². The SMILES string of the molecule is CCC(=O)c1ccc(OCC(=O)Nc2ccc(C)c(Br)c2)cc1. The first-order valence-corrected chi connectivity index (χ1v) is 8.11. The van der Waals surface area contributed by atoms with Gasteiger partial charge < -0.3 is 10.1 Å². The summed E-state index contributed by atoms with van der Waals surface area (Å²) in [5.74, 6) is 0.395. The zero-order chi connectivity index (χ0) is 16.8. The van der Waals surface area contributed by atoms with Crippen molar-refractivity contribution in [3.63, 3.8) is 0 Å². The number of ketones is 1. The van der Waals surface area contributed by atoms with Crippen LogP contribution in [-0.4, -0.2) is 18.3 Å². The van der Waals surface area contributed by atoms with Crippen molar-refractivity contribution in [2.45, 2.75) is 20.3 Å². The van der Waals surface area contributed by atoms with Gasteiger partial charge >= 0.3 is 0 Å². The maximum Gasteiger partial charge on any atom is 0.262 e. The van der Waals surface area contributed by atoms with Crippen LogP contribution >= 0.6 is 15.9 Å². The highest BCUT2D eigenvalue weighted by atomic mass is 79.9. The third kappa shape index (κ3) is 4.93. The first kappa shape index (κ1) is 17.2. The Hall–Kier alpha value is -2.14. The second-order valence-electron chi connectivity index (χ2n) is 5.10. The lowest BCUT2D eigenvalue weighted by Crippen LogP contribution is -2.20. The van der Waals surface area contributed by atoms with Crippen LogP contribution in [0.2, 0.25) is 0 Å².